The summed E-state index contributed by atoms with van der Waals surface area (Å²) in [5.74, 6) is -3.31. The predicted molar refractivity (Wildman–Crippen MR) is 138 cm³/mol. The number of benzene rings is 3. The third-order valence-electron chi connectivity index (χ3n) is 8.10. The van der Waals surface area contributed by atoms with Gasteiger partial charge >= 0.3 is 0 Å². The molecule has 190 valence electrons. The van der Waals surface area contributed by atoms with Crippen LogP contribution in [0.15, 0.2) is 72.9 Å². The third-order valence-corrected chi connectivity index (χ3v) is 8.10. The summed E-state index contributed by atoms with van der Waals surface area (Å²) in [7, 11) is 1.51. The Bertz CT molecular complexity index is 1670. The van der Waals surface area contributed by atoms with E-state index < -0.39 is 47.0 Å². The number of halogens is 1. The normalized spacial score (nSPS) is 25.8. The zero-order valence-corrected chi connectivity index (χ0v) is 20.3. The number of ether oxygens (including phenoxy) is 1. The van der Waals surface area contributed by atoms with Crippen molar-refractivity contribution in [3.8, 4) is 5.75 Å². The summed E-state index contributed by atoms with van der Waals surface area (Å²) in [5.41, 5.74) is 1.45. The summed E-state index contributed by atoms with van der Waals surface area (Å²) in [6, 6.07) is 18.0. The van der Waals surface area contributed by atoms with Gasteiger partial charge in [0.05, 0.1) is 24.6 Å². The average molecular weight is 511 g/mol. The van der Waals surface area contributed by atoms with Gasteiger partial charge in [-0.15, -0.1) is 0 Å². The highest BCUT2D eigenvalue weighted by Gasteiger charge is 2.70. The Hall–Kier alpha value is -4.50. The molecule has 0 saturated carbocycles. The Morgan fingerprint density at radius 2 is 1.84 bits per heavy atom. The van der Waals surface area contributed by atoms with E-state index in [0.717, 1.165) is 21.4 Å². The number of aromatic nitrogens is 1. The second-order valence-electron chi connectivity index (χ2n) is 9.98. The van der Waals surface area contributed by atoms with Gasteiger partial charge in [-0.2, -0.15) is 0 Å². The molecule has 2 fully saturated rings. The van der Waals surface area contributed by atoms with Gasteiger partial charge in [-0.1, -0.05) is 24.3 Å². The lowest BCUT2D eigenvalue weighted by molar-refractivity contribution is -0.130. The number of methoxy groups -OCH3 is 1. The number of amides is 3. The lowest BCUT2D eigenvalue weighted by Crippen LogP contribution is -2.53. The van der Waals surface area contributed by atoms with E-state index in [-0.39, 0.29) is 0 Å². The number of carbonyl (C=O) groups is 3. The van der Waals surface area contributed by atoms with Crippen molar-refractivity contribution >= 4 is 40.0 Å². The molecule has 3 aromatic carbocycles. The minimum atomic E-state index is -1.58. The standard InChI is InChI=1S/C29H23FN4O4/c1-38-18-6-4-5-17(13-18)34-26(35)24-23(11-15-14-31-21-8-3-2-7-19(15)21)33-29(25(24)27(34)36)20-12-16(30)9-10-22(20)32-28(29)37/h2-10,12-14,23-25,31,33H,11H2,1H3,(H,32,37). The smallest absolute Gasteiger partial charge is 0.250 e. The van der Waals surface area contributed by atoms with Gasteiger partial charge in [-0.25, -0.2) is 9.29 Å². The third kappa shape index (κ3) is 2.96. The highest BCUT2D eigenvalue weighted by molar-refractivity contribution is 6.25. The molecule has 7 rings (SSSR count). The summed E-state index contributed by atoms with van der Waals surface area (Å²) < 4.78 is 19.8. The van der Waals surface area contributed by atoms with Gasteiger partial charge in [0, 0.05) is 40.5 Å². The second-order valence-corrected chi connectivity index (χ2v) is 9.98. The number of hydrogen-bond acceptors (Lipinski definition) is 5. The number of imide groups is 1. The topological polar surface area (TPSA) is 104 Å². The van der Waals surface area contributed by atoms with Crippen LogP contribution < -0.4 is 20.3 Å². The van der Waals surface area contributed by atoms with Crippen molar-refractivity contribution in [3.63, 3.8) is 0 Å². The molecule has 4 atom stereocenters. The van der Waals surface area contributed by atoms with E-state index >= 15 is 0 Å². The molecule has 2 saturated heterocycles. The summed E-state index contributed by atoms with van der Waals surface area (Å²) in [5, 5.41) is 7.18. The Morgan fingerprint density at radius 1 is 1.00 bits per heavy atom. The van der Waals surface area contributed by atoms with Gasteiger partial charge < -0.3 is 15.0 Å². The maximum atomic E-state index is 14.5. The van der Waals surface area contributed by atoms with Gasteiger partial charge in [-0.3, -0.25) is 19.7 Å². The molecule has 0 aliphatic carbocycles. The first-order valence-corrected chi connectivity index (χ1v) is 12.4. The van der Waals surface area contributed by atoms with Crippen LogP contribution in [0.1, 0.15) is 11.1 Å². The van der Waals surface area contributed by atoms with Crippen molar-refractivity contribution in [2.45, 2.75) is 18.0 Å². The Balaban J connectivity index is 1.38. The van der Waals surface area contributed by atoms with Crippen LogP contribution >= 0.6 is 0 Å². The number of rotatable bonds is 4. The van der Waals surface area contributed by atoms with Crippen molar-refractivity contribution in [1.29, 1.82) is 0 Å². The van der Waals surface area contributed by atoms with Crippen LogP contribution in [0.4, 0.5) is 15.8 Å². The SMILES string of the molecule is COc1cccc(N2C(=O)C3C(Cc4c[nH]c5ccccc45)NC4(C(=O)Nc5ccc(F)cc54)C3C2=O)c1. The number of hydrogen-bond donors (Lipinski definition) is 3. The van der Waals surface area contributed by atoms with E-state index in [9.17, 15) is 18.8 Å². The average Bonchev–Trinajstić information content (AvgIpc) is 3.63. The van der Waals surface area contributed by atoms with Crippen LogP contribution in [0, 0.1) is 17.7 Å². The lowest BCUT2D eigenvalue weighted by atomic mass is 9.76. The van der Waals surface area contributed by atoms with Crippen molar-refractivity contribution < 1.29 is 23.5 Å². The van der Waals surface area contributed by atoms with Gasteiger partial charge in [0.1, 0.15) is 17.1 Å². The fraction of sp³-hybridized carbons (Fsp3) is 0.207. The molecule has 1 spiro atoms. The summed E-state index contributed by atoms with van der Waals surface area (Å²) in [4.78, 5) is 46.2. The zero-order valence-electron chi connectivity index (χ0n) is 20.3. The molecule has 0 radical (unpaired) electrons. The first kappa shape index (κ1) is 22.7. The number of para-hydroxylation sites is 1. The quantitative estimate of drug-likeness (QED) is 0.365. The van der Waals surface area contributed by atoms with Crippen LogP contribution in [-0.4, -0.2) is 35.9 Å². The fourth-order valence-electron chi connectivity index (χ4n) is 6.49. The van der Waals surface area contributed by atoms with Crippen LogP contribution in [-0.2, 0) is 26.3 Å². The number of carbonyl (C=O) groups excluding carboxylic acids is 3. The van der Waals surface area contributed by atoms with Crippen LogP contribution in [0.2, 0.25) is 0 Å². The van der Waals surface area contributed by atoms with E-state index in [1.165, 1.54) is 25.3 Å². The number of nitrogens with one attached hydrogen (secondary N) is 3. The minimum Gasteiger partial charge on any atom is -0.497 e. The molecule has 38 heavy (non-hydrogen) atoms. The highest BCUT2D eigenvalue weighted by atomic mass is 19.1. The molecule has 3 aliphatic rings. The number of H-pyrrole nitrogens is 1. The van der Waals surface area contributed by atoms with Crippen molar-refractivity contribution in [2.24, 2.45) is 11.8 Å². The van der Waals surface area contributed by atoms with Gasteiger partial charge in [0.25, 0.3) is 0 Å². The Labute approximate surface area is 216 Å². The molecule has 4 unspecified atom stereocenters. The molecule has 3 amide bonds. The Kier molecular flexibility index (Phi) is 4.77. The number of anilines is 2. The lowest BCUT2D eigenvalue weighted by Gasteiger charge is -2.29. The monoisotopic (exact) mass is 510 g/mol. The number of fused-ring (bicyclic) bond motifs is 5. The summed E-state index contributed by atoms with van der Waals surface area (Å²) >= 11 is 0. The second kappa shape index (κ2) is 8.00. The van der Waals surface area contributed by atoms with E-state index in [1.54, 1.807) is 24.3 Å². The number of nitrogens with zero attached hydrogens (tertiary/aromatic N) is 1. The largest absolute Gasteiger partial charge is 0.497 e. The predicted octanol–water partition coefficient (Wildman–Crippen LogP) is 3.48. The van der Waals surface area contributed by atoms with Crippen LogP contribution in [0.25, 0.3) is 10.9 Å². The molecule has 0 bridgehead atoms. The minimum absolute atomic E-state index is 0.340. The fourth-order valence-corrected chi connectivity index (χ4v) is 6.49. The molecule has 9 heteroatoms. The zero-order chi connectivity index (χ0) is 26.2. The molecule has 8 nitrogen and oxygen atoms in total. The van der Waals surface area contributed by atoms with E-state index in [2.05, 4.69) is 15.6 Å². The molecule has 4 aromatic rings. The molecular formula is C29H23FN4O4. The maximum Gasteiger partial charge on any atom is 0.250 e. The highest BCUT2D eigenvalue weighted by Crippen LogP contribution is 2.54. The van der Waals surface area contributed by atoms with Gasteiger partial charge in [0.15, 0.2) is 0 Å². The van der Waals surface area contributed by atoms with Gasteiger partial charge in [-0.05, 0) is 48.4 Å². The molecular weight excluding hydrogens is 487 g/mol. The maximum absolute atomic E-state index is 14.5. The first-order valence-electron chi connectivity index (χ1n) is 12.4. The molecule has 1 aromatic heterocycles. The van der Waals surface area contributed by atoms with Gasteiger partial charge in [0.2, 0.25) is 17.7 Å². The van der Waals surface area contributed by atoms with E-state index in [4.69, 9.17) is 4.74 Å². The van der Waals surface area contributed by atoms with E-state index in [1.807, 2.05) is 30.5 Å². The van der Waals surface area contributed by atoms with Crippen LogP contribution in [0.3, 0.4) is 0 Å². The van der Waals surface area contributed by atoms with E-state index in [0.29, 0.717) is 29.1 Å². The van der Waals surface area contributed by atoms with Crippen LogP contribution in [0.5, 0.6) is 5.75 Å². The van der Waals surface area contributed by atoms with Crippen molar-refractivity contribution in [2.75, 3.05) is 17.3 Å². The summed E-state index contributed by atoms with van der Waals surface area (Å²) in [6.45, 7) is 0. The Morgan fingerprint density at radius 3 is 2.68 bits per heavy atom. The molecule has 3 aliphatic heterocycles. The molecule has 4 heterocycles. The summed E-state index contributed by atoms with van der Waals surface area (Å²) in [6.07, 6.45) is 2.27. The van der Waals surface area contributed by atoms with Crippen molar-refractivity contribution in [3.05, 3.63) is 89.9 Å². The molecule has 3 N–H and O–H groups in total. The number of aromatic amines is 1. The van der Waals surface area contributed by atoms with Crippen molar-refractivity contribution in [1.82, 2.24) is 10.3 Å². The first-order chi connectivity index (χ1) is 18.4.